The van der Waals surface area contributed by atoms with Gasteiger partial charge < -0.3 is 54.7 Å². The van der Waals surface area contributed by atoms with Gasteiger partial charge in [0.2, 0.25) is 0 Å². The molecule has 0 bridgehead atoms. The maximum Gasteiger partial charge on any atom is 0.186 e. The summed E-state index contributed by atoms with van der Waals surface area (Å²) in [7, 11) is 0. The first-order chi connectivity index (χ1) is 18.8. The van der Waals surface area contributed by atoms with E-state index < -0.39 is 68.0 Å². The fourth-order valence-corrected chi connectivity index (χ4v) is 5.08. The summed E-state index contributed by atoms with van der Waals surface area (Å²) < 4.78 is 22.0. The van der Waals surface area contributed by atoms with Crippen LogP contribution in [0.5, 0.6) is 0 Å². The standard InChI is InChI=1S/C28H54O11/c1-2-3-4-5-6-7-8-9-10-11-12-13-14-15-16-36-27-25(34)24(33)22(31)20(39-27)18-37-28-26(35)23(32)21(30)19(17-29)38-28/h19-35H,2-18H2,1H3/t19-,20-,21-,22-,23+,24+,25-,26-,27+,28+/m1/s1. The molecule has 2 heterocycles. The van der Waals surface area contributed by atoms with Crippen LogP contribution in [0.1, 0.15) is 96.8 Å². The molecule has 10 atom stereocenters. The lowest BCUT2D eigenvalue weighted by atomic mass is 9.98. The Morgan fingerprint density at radius 3 is 1.38 bits per heavy atom. The third kappa shape index (κ3) is 11.8. The Kier molecular flexibility index (Phi) is 17.5. The summed E-state index contributed by atoms with van der Waals surface area (Å²) in [4.78, 5) is 0. The van der Waals surface area contributed by atoms with E-state index in [0.29, 0.717) is 6.61 Å². The average molecular weight is 567 g/mol. The smallest absolute Gasteiger partial charge is 0.186 e. The van der Waals surface area contributed by atoms with E-state index in [2.05, 4.69) is 6.92 Å². The molecule has 0 aliphatic carbocycles. The van der Waals surface area contributed by atoms with Gasteiger partial charge in [0.25, 0.3) is 0 Å². The molecule has 232 valence electrons. The molecule has 2 saturated heterocycles. The van der Waals surface area contributed by atoms with Crippen LogP contribution in [0.2, 0.25) is 0 Å². The molecule has 11 nitrogen and oxygen atoms in total. The lowest BCUT2D eigenvalue weighted by Crippen LogP contribution is -2.61. The van der Waals surface area contributed by atoms with E-state index >= 15 is 0 Å². The molecular weight excluding hydrogens is 512 g/mol. The maximum atomic E-state index is 10.3. The van der Waals surface area contributed by atoms with Crippen molar-refractivity contribution in [1.82, 2.24) is 0 Å². The summed E-state index contributed by atoms with van der Waals surface area (Å²) in [5.74, 6) is 0. The Balaban J connectivity index is 1.59. The average Bonchev–Trinajstić information content (AvgIpc) is 2.94. The van der Waals surface area contributed by atoms with Gasteiger partial charge in [0.1, 0.15) is 48.8 Å². The zero-order chi connectivity index (χ0) is 28.6. The highest BCUT2D eigenvalue weighted by Crippen LogP contribution is 2.26. The molecule has 2 rings (SSSR count). The number of hydrogen-bond donors (Lipinski definition) is 7. The first-order valence-electron chi connectivity index (χ1n) is 15.0. The Morgan fingerprint density at radius 1 is 0.487 bits per heavy atom. The molecule has 0 aromatic rings. The predicted molar refractivity (Wildman–Crippen MR) is 143 cm³/mol. The first kappa shape index (κ1) is 34.8. The molecule has 2 fully saturated rings. The molecule has 0 amide bonds. The third-order valence-electron chi connectivity index (χ3n) is 7.72. The molecule has 2 aliphatic rings. The quantitative estimate of drug-likeness (QED) is 0.105. The van der Waals surface area contributed by atoms with Gasteiger partial charge >= 0.3 is 0 Å². The second-order valence-electron chi connectivity index (χ2n) is 11.0. The Morgan fingerprint density at radius 2 is 0.897 bits per heavy atom. The van der Waals surface area contributed by atoms with Gasteiger partial charge in [-0.15, -0.1) is 0 Å². The Labute approximate surface area is 233 Å². The van der Waals surface area contributed by atoms with Gasteiger partial charge in [0, 0.05) is 6.61 Å². The predicted octanol–water partition coefficient (Wildman–Crippen LogP) is 1.11. The van der Waals surface area contributed by atoms with Gasteiger partial charge in [-0.2, -0.15) is 0 Å². The van der Waals surface area contributed by atoms with Crippen molar-refractivity contribution in [3.05, 3.63) is 0 Å². The summed E-state index contributed by atoms with van der Waals surface area (Å²) in [6.45, 7) is 1.59. The SMILES string of the molecule is CCCCCCCCCCCCCCCCO[C@H]1O[C@H](CO[C@H]2O[C@H](CO)[C@@H](O)[C@H](O)[C@H]2O)[C@@H](O)[C@H](O)[C@H]1O. The molecule has 0 radical (unpaired) electrons. The van der Waals surface area contributed by atoms with E-state index in [1.165, 1.54) is 70.6 Å². The molecule has 0 unspecified atom stereocenters. The maximum absolute atomic E-state index is 10.3. The fraction of sp³-hybridized carbons (Fsp3) is 1.00. The van der Waals surface area contributed by atoms with Crippen LogP contribution in [0.15, 0.2) is 0 Å². The summed E-state index contributed by atoms with van der Waals surface area (Å²) in [6.07, 6.45) is 3.25. The van der Waals surface area contributed by atoms with Gasteiger partial charge in [0.05, 0.1) is 13.2 Å². The molecule has 2 aliphatic heterocycles. The van der Waals surface area contributed by atoms with Crippen LogP contribution < -0.4 is 0 Å². The number of hydrogen-bond acceptors (Lipinski definition) is 11. The molecule has 0 saturated carbocycles. The van der Waals surface area contributed by atoms with E-state index in [1.54, 1.807) is 0 Å². The molecule has 0 spiro atoms. The van der Waals surface area contributed by atoms with Crippen molar-refractivity contribution in [3.63, 3.8) is 0 Å². The first-order valence-corrected chi connectivity index (χ1v) is 15.0. The van der Waals surface area contributed by atoms with E-state index in [-0.39, 0.29) is 6.61 Å². The van der Waals surface area contributed by atoms with Gasteiger partial charge in [-0.25, -0.2) is 0 Å². The van der Waals surface area contributed by atoms with Gasteiger partial charge in [-0.05, 0) is 6.42 Å². The van der Waals surface area contributed by atoms with Crippen LogP contribution in [0.25, 0.3) is 0 Å². The number of ether oxygens (including phenoxy) is 4. The number of aliphatic hydroxyl groups excluding tert-OH is 7. The van der Waals surface area contributed by atoms with Crippen molar-refractivity contribution in [2.24, 2.45) is 0 Å². The van der Waals surface area contributed by atoms with Crippen molar-refractivity contribution in [3.8, 4) is 0 Å². The van der Waals surface area contributed by atoms with E-state index in [1.807, 2.05) is 0 Å². The van der Waals surface area contributed by atoms with Crippen molar-refractivity contribution >= 4 is 0 Å². The summed E-state index contributed by atoms with van der Waals surface area (Å²) in [5.41, 5.74) is 0. The van der Waals surface area contributed by atoms with Crippen LogP contribution in [-0.2, 0) is 18.9 Å². The Bertz CT molecular complexity index is 610. The second kappa shape index (κ2) is 19.6. The molecule has 0 aromatic carbocycles. The number of rotatable bonds is 20. The Hall–Kier alpha value is -0.440. The normalized spacial score (nSPS) is 35.4. The molecule has 0 aromatic heterocycles. The molecule has 39 heavy (non-hydrogen) atoms. The van der Waals surface area contributed by atoms with E-state index in [9.17, 15) is 35.7 Å². The zero-order valence-electron chi connectivity index (χ0n) is 23.6. The molecule has 11 heteroatoms. The highest BCUT2D eigenvalue weighted by molar-refractivity contribution is 4.91. The highest BCUT2D eigenvalue weighted by Gasteiger charge is 2.47. The lowest BCUT2D eigenvalue weighted by Gasteiger charge is -2.42. The van der Waals surface area contributed by atoms with Gasteiger partial charge in [-0.1, -0.05) is 90.4 Å². The topological polar surface area (TPSA) is 179 Å². The van der Waals surface area contributed by atoms with Gasteiger partial charge in [-0.3, -0.25) is 0 Å². The summed E-state index contributed by atoms with van der Waals surface area (Å²) >= 11 is 0. The van der Waals surface area contributed by atoms with Crippen molar-refractivity contribution in [2.75, 3.05) is 19.8 Å². The zero-order valence-corrected chi connectivity index (χ0v) is 23.6. The van der Waals surface area contributed by atoms with Crippen molar-refractivity contribution in [1.29, 1.82) is 0 Å². The largest absolute Gasteiger partial charge is 0.394 e. The fourth-order valence-electron chi connectivity index (χ4n) is 5.08. The molecular formula is C28H54O11. The number of aliphatic hydroxyl groups is 7. The van der Waals surface area contributed by atoms with Crippen LogP contribution >= 0.6 is 0 Å². The lowest BCUT2D eigenvalue weighted by molar-refractivity contribution is -0.331. The van der Waals surface area contributed by atoms with Crippen LogP contribution in [-0.4, -0.2) is 117 Å². The summed E-state index contributed by atoms with van der Waals surface area (Å²) in [5, 5.41) is 70.0. The van der Waals surface area contributed by atoms with Crippen LogP contribution in [0, 0.1) is 0 Å². The monoisotopic (exact) mass is 566 g/mol. The minimum absolute atomic E-state index is 0.322. The van der Waals surface area contributed by atoms with Crippen LogP contribution in [0.4, 0.5) is 0 Å². The van der Waals surface area contributed by atoms with Crippen LogP contribution in [0.3, 0.4) is 0 Å². The highest BCUT2D eigenvalue weighted by atomic mass is 16.7. The van der Waals surface area contributed by atoms with E-state index in [4.69, 9.17) is 18.9 Å². The minimum Gasteiger partial charge on any atom is -0.394 e. The molecule has 7 N–H and O–H groups in total. The minimum atomic E-state index is -1.61. The van der Waals surface area contributed by atoms with E-state index in [0.717, 1.165) is 19.3 Å². The van der Waals surface area contributed by atoms with Crippen molar-refractivity contribution < 1.29 is 54.7 Å². The van der Waals surface area contributed by atoms with Gasteiger partial charge in [0.15, 0.2) is 12.6 Å². The van der Waals surface area contributed by atoms with Crippen molar-refractivity contribution in [2.45, 2.75) is 158 Å². The second-order valence-corrected chi connectivity index (χ2v) is 11.0. The number of unbranched alkanes of at least 4 members (excludes halogenated alkanes) is 13. The summed E-state index contributed by atoms with van der Waals surface area (Å²) in [6, 6.07) is 0. The third-order valence-corrected chi connectivity index (χ3v) is 7.72.